The van der Waals surface area contributed by atoms with Gasteiger partial charge in [-0.15, -0.1) is 0 Å². The number of aliphatic hydroxyl groups is 2. The monoisotopic (exact) mass is 417 g/mol. The van der Waals surface area contributed by atoms with E-state index in [1.165, 1.54) is 10.9 Å². The summed E-state index contributed by atoms with van der Waals surface area (Å²) in [6.07, 6.45) is 2.86. The van der Waals surface area contributed by atoms with Crippen molar-refractivity contribution in [2.45, 2.75) is 38.5 Å². The third kappa shape index (κ3) is 5.26. The molecule has 1 fully saturated rings. The second-order valence-electron chi connectivity index (χ2n) is 5.83. The lowest BCUT2D eigenvalue weighted by molar-refractivity contribution is 0.142. The Labute approximate surface area is 153 Å². The van der Waals surface area contributed by atoms with Gasteiger partial charge in [0.15, 0.2) is 0 Å². The quantitative estimate of drug-likeness (QED) is 0.693. The number of hydrogen-bond donors (Lipinski definition) is 3. The first kappa shape index (κ1) is 19.3. The van der Waals surface area contributed by atoms with Crippen molar-refractivity contribution in [3.63, 3.8) is 0 Å². The van der Waals surface area contributed by atoms with Gasteiger partial charge in [-0.1, -0.05) is 11.6 Å². The van der Waals surface area contributed by atoms with Gasteiger partial charge in [0.25, 0.3) is 5.56 Å². The minimum Gasteiger partial charge on any atom is -0.392 e. The van der Waals surface area contributed by atoms with Crippen molar-refractivity contribution < 1.29 is 10.2 Å². The van der Waals surface area contributed by atoms with Crippen molar-refractivity contribution in [3.05, 3.63) is 38.3 Å². The van der Waals surface area contributed by atoms with Crippen LogP contribution < -0.4 is 10.9 Å². The average molecular weight is 419 g/mol. The number of aliphatic hydroxyl groups excluding tert-OH is 2. The largest absolute Gasteiger partial charge is 0.392 e. The standard InChI is InChI=1S/C11H10BrClN2O2.C5H11NO/c1-6(16)4-15-5-14-10-3-8(12)9(13)2-7(10)11(15)17;7-5-2-1-3-6-4-5/h2-3,5-6,16H,4H2,1H3;5-7H,1-4H2. The lowest BCUT2D eigenvalue weighted by atomic mass is 10.1. The van der Waals surface area contributed by atoms with Crippen LogP contribution in [0.5, 0.6) is 0 Å². The molecule has 0 radical (unpaired) electrons. The molecule has 1 aromatic heterocycles. The van der Waals surface area contributed by atoms with Crippen LogP contribution in [-0.4, -0.2) is 45.1 Å². The molecule has 3 N–H and O–H groups in total. The first-order chi connectivity index (χ1) is 11.4. The summed E-state index contributed by atoms with van der Waals surface area (Å²) in [4.78, 5) is 16.2. The van der Waals surface area contributed by atoms with E-state index in [1.54, 1.807) is 19.1 Å². The predicted molar refractivity (Wildman–Crippen MR) is 98.5 cm³/mol. The Kier molecular flexibility index (Phi) is 7.18. The number of nitrogens with zero attached hydrogens (tertiary/aromatic N) is 2. The average Bonchev–Trinajstić information content (AvgIpc) is 2.53. The van der Waals surface area contributed by atoms with Gasteiger partial charge in [0.1, 0.15) is 0 Å². The summed E-state index contributed by atoms with van der Waals surface area (Å²) in [5, 5.41) is 22.1. The molecule has 2 heterocycles. The maximum absolute atomic E-state index is 12.1. The van der Waals surface area contributed by atoms with Gasteiger partial charge >= 0.3 is 0 Å². The minimum absolute atomic E-state index is 0.0752. The van der Waals surface area contributed by atoms with Crippen LogP contribution in [-0.2, 0) is 6.54 Å². The molecule has 2 aromatic rings. The highest BCUT2D eigenvalue weighted by atomic mass is 79.9. The molecule has 132 valence electrons. The fourth-order valence-electron chi connectivity index (χ4n) is 2.40. The van der Waals surface area contributed by atoms with E-state index in [4.69, 9.17) is 16.7 Å². The van der Waals surface area contributed by atoms with E-state index in [9.17, 15) is 9.90 Å². The van der Waals surface area contributed by atoms with Crippen LogP contribution in [0.15, 0.2) is 27.7 Å². The van der Waals surface area contributed by atoms with Crippen LogP contribution in [0.2, 0.25) is 5.02 Å². The van der Waals surface area contributed by atoms with Gasteiger partial charge in [0.05, 0.1) is 41.0 Å². The lowest BCUT2D eigenvalue weighted by Gasteiger charge is -2.16. The number of nitrogens with one attached hydrogen (secondary N) is 1. The van der Waals surface area contributed by atoms with Crippen molar-refractivity contribution in [2.75, 3.05) is 13.1 Å². The van der Waals surface area contributed by atoms with E-state index in [-0.39, 0.29) is 18.2 Å². The number of β-amino-alcohol motifs (C(OH)–C–C–N with tert-alkyl or cyclic N) is 1. The van der Waals surface area contributed by atoms with E-state index >= 15 is 0 Å². The van der Waals surface area contributed by atoms with E-state index in [0.29, 0.717) is 20.4 Å². The summed E-state index contributed by atoms with van der Waals surface area (Å²) in [5.41, 5.74) is 0.374. The zero-order valence-electron chi connectivity index (χ0n) is 13.4. The Balaban J connectivity index is 0.000000249. The molecular weight excluding hydrogens is 398 g/mol. The Morgan fingerprint density at radius 2 is 2.29 bits per heavy atom. The van der Waals surface area contributed by atoms with Crippen LogP contribution in [0.4, 0.5) is 0 Å². The summed E-state index contributed by atoms with van der Waals surface area (Å²) in [7, 11) is 0. The molecule has 3 rings (SSSR count). The predicted octanol–water partition coefficient (Wildman–Crippen LogP) is 1.92. The molecule has 1 aliphatic rings. The highest BCUT2D eigenvalue weighted by Crippen LogP contribution is 2.25. The molecule has 8 heteroatoms. The number of benzene rings is 1. The Hall–Kier alpha value is -0.990. The normalized spacial score (nSPS) is 18.8. The number of aromatic nitrogens is 2. The van der Waals surface area contributed by atoms with Crippen molar-refractivity contribution in [1.29, 1.82) is 0 Å². The van der Waals surface area contributed by atoms with E-state index < -0.39 is 6.10 Å². The summed E-state index contributed by atoms with van der Waals surface area (Å²) in [6.45, 7) is 3.71. The van der Waals surface area contributed by atoms with Gasteiger partial charge in [-0.25, -0.2) is 4.98 Å². The van der Waals surface area contributed by atoms with Crippen LogP contribution in [0.25, 0.3) is 10.9 Å². The molecular formula is C16H21BrClN3O3. The van der Waals surface area contributed by atoms with Gasteiger partial charge in [-0.05, 0) is 54.4 Å². The molecule has 1 saturated heterocycles. The summed E-state index contributed by atoms with van der Waals surface area (Å²) in [6, 6.07) is 3.28. The number of fused-ring (bicyclic) bond motifs is 1. The second kappa shape index (κ2) is 8.92. The lowest BCUT2D eigenvalue weighted by Crippen LogP contribution is -2.33. The van der Waals surface area contributed by atoms with Crippen LogP contribution in [0, 0.1) is 0 Å². The number of piperidine rings is 1. The molecule has 0 aliphatic carbocycles. The zero-order chi connectivity index (χ0) is 17.7. The van der Waals surface area contributed by atoms with Gasteiger partial charge in [0.2, 0.25) is 0 Å². The summed E-state index contributed by atoms with van der Waals surface area (Å²) in [5.74, 6) is 0. The van der Waals surface area contributed by atoms with Crippen LogP contribution in [0.1, 0.15) is 19.8 Å². The van der Waals surface area contributed by atoms with Crippen molar-refractivity contribution in [2.24, 2.45) is 0 Å². The molecule has 1 aromatic carbocycles. The number of rotatable bonds is 2. The molecule has 6 nitrogen and oxygen atoms in total. The van der Waals surface area contributed by atoms with Crippen molar-refractivity contribution in [3.8, 4) is 0 Å². The smallest absolute Gasteiger partial charge is 0.261 e. The summed E-state index contributed by atoms with van der Waals surface area (Å²) >= 11 is 9.22. The van der Waals surface area contributed by atoms with Crippen molar-refractivity contribution in [1.82, 2.24) is 14.9 Å². The molecule has 0 saturated carbocycles. The first-order valence-corrected chi connectivity index (χ1v) is 8.96. The maximum atomic E-state index is 12.1. The molecule has 0 bridgehead atoms. The van der Waals surface area contributed by atoms with Gasteiger partial charge in [-0.3, -0.25) is 9.36 Å². The molecule has 0 spiro atoms. The molecule has 2 atom stereocenters. The highest BCUT2D eigenvalue weighted by Gasteiger charge is 2.09. The third-order valence-corrected chi connectivity index (χ3v) is 4.79. The topological polar surface area (TPSA) is 87.4 Å². The molecule has 1 aliphatic heterocycles. The third-order valence-electron chi connectivity index (χ3n) is 3.60. The highest BCUT2D eigenvalue weighted by molar-refractivity contribution is 9.10. The first-order valence-electron chi connectivity index (χ1n) is 7.79. The Morgan fingerprint density at radius 3 is 2.83 bits per heavy atom. The van der Waals surface area contributed by atoms with Gasteiger partial charge in [-0.2, -0.15) is 0 Å². The van der Waals surface area contributed by atoms with Crippen LogP contribution in [0.3, 0.4) is 0 Å². The molecule has 0 amide bonds. The maximum Gasteiger partial charge on any atom is 0.261 e. The molecule has 2 unspecified atom stereocenters. The number of halogens is 2. The molecule has 24 heavy (non-hydrogen) atoms. The van der Waals surface area contributed by atoms with Crippen LogP contribution >= 0.6 is 27.5 Å². The Morgan fingerprint density at radius 1 is 1.54 bits per heavy atom. The number of hydrogen-bond acceptors (Lipinski definition) is 5. The second-order valence-corrected chi connectivity index (χ2v) is 7.10. The zero-order valence-corrected chi connectivity index (χ0v) is 15.7. The summed E-state index contributed by atoms with van der Waals surface area (Å²) < 4.78 is 2.07. The Bertz CT molecular complexity index is 745. The van der Waals surface area contributed by atoms with E-state index in [1.807, 2.05) is 0 Å². The van der Waals surface area contributed by atoms with Gasteiger partial charge in [0, 0.05) is 11.0 Å². The fraction of sp³-hybridized carbons (Fsp3) is 0.500. The van der Waals surface area contributed by atoms with Gasteiger partial charge < -0.3 is 15.5 Å². The van der Waals surface area contributed by atoms with Crippen molar-refractivity contribution >= 4 is 38.4 Å². The fourth-order valence-corrected chi connectivity index (χ4v) is 2.90. The van der Waals surface area contributed by atoms with E-state index in [0.717, 1.165) is 25.9 Å². The van der Waals surface area contributed by atoms with E-state index in [2.05, 4.69) is 26.2 Å². The minimum atomic E-state index is -0.599. The SMILES string of the molecule is CC(O)Cn1cnc2cc(Br)c(Cl)cc2c1=O.OC1CCCNC1.